The fourth-order valence-electron chi connectivity index (χ4n) is 2.66. The van der Waals surface area contributed by atoms with Gasteiger partial charge in [0.2, 0.25) is 5.91 Å². The van der Waals surface area contributed by atoms with E-state index in [1.165, 1.54) is 16.7 Å². The van der Waals surface area contributed by atoms with E-state index in [1.807, 2.05) is 20.9 Å². The van der Waals surface area contributed by atoms with Crippen LogP contribution in [0.25, 0.3) is 0 Å². The molecule has 1 amide bonds. The average molecular weight is 203 g/mol. The fraction of sp³-hybridized carbons (Fsp3) is 0.462. The molecule has 2 rings (SSSR count). The molecule has 2 nitrogen and oxygen atoms in total. The van der Waals surface area contributed by atoms with Crippen molar-refractivity contribution in [1.29, 1.82) is 0 Å². The number of hydrogen-bond acceptors (Lipinski definition) is 1. The number of likely N-dealkylation sites (N-methyl/N-ethyl adjacent to an activating group) is 1. The van der Waals surface area contributed by atoms with Gasteiger partial charge in [0.25, 0.3) is 0 Å². The molecule has 1 aliphatic rings. The topological polar surface area (TPSA) is 20.3 Å². The first-order chi connectivity index (χ1) is 6.85. The minimum atomic E-state index is -0.373. The first-order valence-electron chi connectivity index (χ1n) is 5.25. The zero-order chi connectivity index (χ0) is 11.4. The van der Waals surface area contributed by atoms with Gasteiger partial charge in [0, 0.05) is 12.7 Å². The smallest absolute Gasteiger partial charge is 0.236 e. The molecule has 0 N–H and O–H groups in total. The molecular weight excluding hydrogens is 186 g/mol. The molecule has 0 saturated carbocycles. The van der Waals surface area contributed by atoms with E-state index in [9.17, 15) is 4.79 Å². The molecule has 0 saturated heterocycles. The average Bonchev–Trinajstić information content (AvgIpc) is 2.27. The van der Waals surface area contributed by atoms with Gasteiger partial charge in [0.05, 0.1) is 5.41 Å². The maximum Gasteiger partial charge on any atom is 0.236 e. The Labute approximate surface area is 90.9 Å². The summed E-state index contributed by atoms with van der Waals surface area (Å²) in [6, 6.07) is 4.24. The Morgan fingerprint density at radius 1 is 1.20 bits per heavy atom. The molecule has 1 heterocycles. The van der Waals surface area contributed by atoms with Crippen LogP contribution in [0.3, 0.4) is 0 Å². The Hall–Kier alpha value is -1.31. The van der Waals surface area contributed by atoms with E-state index in [2.05, 4.69) is 26.0 Å². The zero-order valence-electron chi connectivity index (χ0n) is 10.0. The molecule has 0 bridgehead atoms. The number of amides is 1. The van der Waals surface area contributed by atoms with Crippen molar-refractivity contribution >= 4 is 11.6 Å². The molecule has 15 heavy (non-hydrogen) atoms. The van der Waals surface area contributed by atoms with Crippen LogP contribution in [0.1, 0.15) is 30.5 Å². The number of nitrogens with zero attached hydrogens (tertiary/aromatic N) is 1. The summed E-state index contributed by atoms with van der Waals surface area (Å²) in [6.07, 6.45) is 0. The fourth-order valence-corrected chi connectivity index (χ4v) is 2.66. The van der Waals surface area contributed by atoms with E-state index in [4.69, 9.17) is 0 Å². The molecule has 0 aromatic heterocycles. The number of aryl methyl sites for hydroxylation is 2. The highest BCUT2D eigenvalue weighted by atomic mass is 16.2. The summed E-state index contributed by atoms with van der Waals surface area (Å²) in [7, 11) is 1.86. The van der Waals surface area contributed by atoms with Gasteiger partial charge in [-0.05, 0) is 50.5 Å². The first-order valence-corrected chi connectivity index (χ1v) is 5.25. The SMILES string of the molecule is Cc1cc(C)c2c(c1)N(C)C(=O)C2(C)C. The van der Waals surface area contributed by atoms with E-state index in [0.29, 0.717) is 0 Å². The van der Waals surface area contributed by atoms with E-state index < -0.39 is 0 Å². The van der Waals surface area contributed by atoms with Crippen LogP contribution in [0.5, 0.6) is 0 Å². The molecule has 0 spiro atoms. The van der Waals surface area contributed by atoms with Gasteiger partial charge >= 0.3 is 0 Å². The van der Waals surface area contributed by atoms with Crippen molar-refractivity contribution in [1.82, 2.24) is 0 Å². The molecule has 80 valence electrons. The maximum atomic E-state index is 12.1. The van der Waals surface area contributed by atoms with E-state index in [-0.39, 0.29) is 11.3 Å². The van der Waals surface area contributed by atoms with Crippen molar-refractivity contribution in [3.05, 3.63) is 28.8 Å². The summed E-state index contributed by atoms with van der Waals surface area (Å²) in [6.45, 7) is 8.15. The Morgan fingerprint density at radius 2 is 1.80 bits per heavy atom. The summed E-state index contributed by atoms with van der Waals surface area (Å²) < 4.78 is 0. The van der Waals surface area contributed by atoms with Gasteiger partial charge in [0.1, 0.15) is 0 Å². The minimum Gasteiger partial charge on any atom is -0.314 e. The Bertz CT molecular complexity index is 446. The zero-order valence-corrected chi connectivity index (χ0v) is 10.0. The lowest BCUT2D eigenvalue weighted by Gasteiger charge is -2.18. The van der Waals surface area contributed by atoms with Crippen molar-refractivity contribution in [3.8, 4) is 0 Å². The van der Waals surface area contributed by atoms with Crippen LogP contribution in [0.15, 0.2) is 12.1 Å². The number of fused-ring (bicyclic) bond motifs is 1. The first kappa shape index (κ1) is 10.2. The van der Waals surface area contributed by atoms with Crippen LogP contribution < -0.4 is 4.90 Å². The van der Waals surface area contributed by atoms with Crippen molar-refractivity contribution in [2.24, 2.45) is 0 Å². The molecule has 0 fully saturated rings. The highest BCUT2D eigenvalue weighted by molar-refractivity contribution is 6.07. The molecule has 0 aliphatic carbocycles. The third-order valence-corrected chi connectivity index (χ3v) is 3.28. The number of benzene rings is 1. The largest absolute Gasteiger partial charge is 0.314 e. The standard InChI is InChI=1S/C13H17NO/c1-8-6-9(2)11-10(7-8)14(5)12(15)13(11,3)4/h6-7H,1-5H3. The molecule has 1 aliphatic heterocycles. The third kappa shape index (κ3) is 1.21. The molecule has 2 heteroatoms. The van der Waals surface area contributed by atoms with Crippen molar-refractivity contribution in [2.75, 3.05) is 11.9 Å². The lowest BCUT2D eigenvalue weighted by atomic mass is 9.83. The predicted molar refractivity (Wildman–Crippen MR) is 62.4 cm³/mol. The number of rotatable bonds is 0. The molecule has 0 atom stereocenters. The van der Waals surface area contributed by atoms with Crippen LogP contribution in [-0.2, 0) is 10.2 Å². The lowest BCUT2D eigenvalue weighted by Crippen LogP contribution is -2.33. The molecule has 1 aromatic carbocycles. The van der Waals surface area contributed by atoms with Crippen LogP contribution in [-0.4, -0.2) is 13.0 Å². The van der Waals surface area contributed by atoms with E-state index >= 15 is 0 Å². The molecule has 0 unspecified atom stereocenters. The van der Waals surface area contributed by atoms with Crippen LogP contribution in [0.2, 0.25) is 0 Å². The van der Waals surface area contributed by atoms with E-state index in [1.54, 1.807) is 4.90 Å². The normalized spacial score (nSPS) is 18.2. The molecule has 0 radical (unpaired) electrons. The Kier molecular flexibility index (Phi) is 1.94. The van der Waals surface area contributed by atoms with Gasteiger partial charge in [-0.2, -0.15) is 0 Å². The van der Waals surface area contributed by atoms with Gasteiger partial charge in [-0.15, -0.1) is 0 Å². The molecule has 1 aromatic rings. The van der Waals surface area contributed by atoms with Crippen molar-refractivity contribution < 1.29 is 4.79 Å². The second kappa shape index (κ2) is 2.84. The number of carbonyl (C=O) groups excluding carboxylic acids is 1. The number of carbonyl (C=O) groups is 1. The second-order valence-electron chi connectivity index (χ2n) is 4.97. The number of anilines is 1. The van der Waals surface area contributed by atoms with Crippen LogP contribution >= 0.6 is 0 Å². The predicted octanol–water partition coefficient (Wildman–Crippen LogP) is 2.56. The van der Waals surface area contributed by atoms with Crippen LogP contribution in [0, 0.1) is 13.8 Å². The second-order valence-corrected chi connectivity index (χ2v) is 4.97. The highest BCUT2D eigenvalue weighted by Crippen LogP contribution is 2.43. The maximum absolute atomic E-state index is 12.1. The summed E-state index contributed by atoms with van der Waals surface area (Å²) in [5.41, 5.74) is 4.31. The van der Waals surface area contributed by atoms with E-state index in [0.717, 1.165) is 5.69 Å². The minimum absolute atomic E-state index is 0.186. The Morgan fingerprint density at radius 3 is 2.40 bits per heavy atom. The quantitative estimate of drug-likeness (QED) is 0.634. The van der Waals surface area contributed by atoms with Crippen molar-refractivity contribution in [3.63, 3.8) is 0 Å². The summed E-state index contributed by atoms with van der Waals surface area (Å²) in [5.74, 6) is 0.186. The van der Waals surface area contributed by atoms with Gasteiger partial charge < -0.3 is 4.90 Å². The summed E-state index contributed by atoms with van der Waals surface area (Å²) >= 11 is 0. The third-order valence-electron chi connectivity index (χ3n) is 3.28. The van der Waals surface area contributed by atoms with Gasteiger partial charge in [-0.25, -0.2) is 0 Å². The highest BCUT2D eigenvalue weighted by Gasteiger charge is 2.43. The van der Waals surface area contributed by atoms with Gasteiger partial charge in [-0.1, -0.05) is 6.07 Å². The lowest BCUT2D eigenvalue weighted by molar-refractivity contribution is -0.121. The van der Waals surface area contributed by atoms with Crippen molar-refractivity contribution in [2.45, 2.75) is 33.1 Å². The summed E-state index contributed by atoms with van der Waals surface area (Å²) in [5, 5.41) is 0. The number of hydrogen-bond donors (Lipinski definition) is 0. The van der Waals surface area contributed by atoms with Gasteiger partial charge in [-0.3, -0.25) is 4.79 Å². The van der Waals surface area contributed by atoms with Gasteiger partial charge in [0.15, 0.2) is 0 Å². The van der Waals surface area contributed by atoms with Crippen LogP contribution in [0.4, 0.5) is 5.69 Å². The Balaban J connectivity index is 2.77. The molecular formula is C13H17NO. The summed E-state index contributed by atoms with van der Waals surface area (Å²) in [4.78, 5) is 13.8. The monoisotopic (exact) mass is 203 g/mol.